The van der Waals surface area contributed by atoms with Crippen LogP contribution in [-0.2, 0) is 4.43 Å². The fourth-order valence-corrected chi connectivity index (χ4v) is 3.80. The highest BCUT2D eigenvalue weighted by atomic mass is 28.4. The first-order valence-corrected chi connectivity index (χ1v) is 10.5. The number of carbonyl (C=O) groups is 1. The molecule has 106 valence electrons. The topological polar surface area (TPSA) is 35.5 Å². The highest BCUT2D eigenvalue weighted by Crippen LogP contribution is 2.38. The minimum absolute atomic E-state index is 0.0566. The Morgan fingerprint density at radius 1 is 1.25 bits per heavy atom. The third-order valence-corrected chi connectivity index (χ3v) is 4.53. The summed E-state index contributed by atoms with van der Waals surface area (Å²) in [5.74, 6) is 1.87. The predicted octanol–water partition coefficient (Wildman–Crippen LogP) is 3.78. The van der Waals surface area contributed by atoms with E-state index in [2.05, 4.69) is 25.7 Å². The van der Waals surface area contributed by atoms with E-state index in [0.29, 0.717) is 12.2 Å². The van der Waals surface area contributed by atoms with Gasteiger partial charge in [-0.3, -0.25) is 4.79 Å². The van der Waals surface area contributed by atoms with Crippen LogP contribution in [-0.4, -0.2) is 20.2 Å². The summed E-state index contributed by atoms with van der Waals surface area (Å²) in [4.78, 5) is 12.5. The number of ether oxygens (including phenoxy) is 1. The Kier molecular flexibility index (Phi) is 3.20. The SMILES string of the molecule is C[Si](C)(C)OC1=CC[C@H]2C(=O)c3ccccc3O[C@H]2C1. The van der Waals surface area contributed by atoms with E-state index < -0.39 is 8.32 Å². The number of allylic oxidation sites excluding steroid dienone is 1. The van der Waals surface area contributed by atoms with Gasteiger partial charge in [-0.15, -0.1) is 0 Å². The second-order valence-corrected chi connectivity index (χ2v) is 10.9. The molecule has 2 atom stereocenters. The van der Waals surface area contributed by atoms with Crippen molar-refractivity contribution in [3.05, 3.63) is 41.7 Å². The number of para-hydroxylation sites is 1. The normalized spacial score (nSPS) is 25.1. The van der Waals surface area contributed by atoms with E-state index in [1.54, 1.807) is 0 Å². The average Bonchev–Trinajstić information content (AvgIpc) is 2.37. The van der Waals surface area contributed by atoms with Crippen LogP contribution < -0.4 is 4.74 Å². The third kappa shape index (κ3) is 2.52. The van der Waals surface area contributed by atoms with E-state index in [4.69, 9.17) is 9.16 Å². The molecule has 3 rings (SSSR count). The van der Waals surface area contributed by atoms with Crippen LogP contribution in [0.2, 0.25) is 19.6 Å². The number of benzene rings is 1. The second kappa shape index (κ2) is 4.77. The molecule has 0 unspecified atom stereocenters. The lowest BCUT2D eigenvalue weighted by atomic mass is 9.82. The number of hydrogen-bond donors (Lipinski definition) is 0. The van der Waals surface area contributed by atoms with Crippen LogP contribution in [0.3, 0.4) is 0 Å². The molecule has 0 saturated heterocycles. The van der Waals surface area contributed by atoms with Gasteiger partial charge in [-0.05, 0) is 44.3 Å². The van der Waals surface area contributed by atoms with E-state index in [9.17, 15) is 4.79 Å². The van der Waals surface area contributed by atoms with Gasteiger partial charge in [0.2, 0.25) is 8.32 Å². The largest absolute Gasteiger partial charge is 0.547 e. The molecule has 2 aliphatic rings. The molecule has 1 aliphatic carbocycles. The van der Waals surface area contributed by atoms with Crippen LogP contribution in [0.1, 0.15) is 23.2 Å². The maximum atomic E-state index is 12.5. The lowest BCUT2D eigenvalue weighted by Gasteiger charge is -2.36. The molecule has 1 aromatic carbocycles. The van der Waals surface area contributed by atoms with Gasteiger partial charge < -0.3 is 9.16 Å². The van der Waals surface area contributed by atoms with E-state index in [1.807, 2.05) is 24.3 Å². The van der Waals surface area contributed by atoms with Gasteiger partial charge in [-0.1, -0.05) is 12.1 Å². The third-order valence-electron chi connectivity index (χ3n) is 3.66. The highest BCUT2D eigenvalue weighted by molar-refractivity contribution is 6.70. The molecule has 0 amide bonds. The lowest BCUT2D eigenvalue weighted by Crippen LogP contribution is -2.40. The van der Waals surface area contributed by atoms with Crippen LogP contribution in [0.25, 0.3) is 0 Å². The maximum absolute atomic E-state index is 12.5. The first kappa shape index (κ1) is 13.4. The van der Waals surface area contributed by atoms with Crippen molar-refractivity contribution < 1.29 is 14.0 Å². The van der Waals surface area contributed by atoms with Gasteiger partial charge in [0.15, 0.2) is 5.78 Å². The fraction of sp³-hybridized carbons (Fsp3) is 0.438. The lowest BCUT2D eigenvalue weighted by molar-refractivity contribution is 0.0608. The van der Waals surface area contributed by atoms with Gasteiger partial charge in [0.1, 0.15) is 11.9 Å². The number of ketones is 1. The van der Waals surface area contributed by atoms with Crippen LogP contribution in [0, 0.1) is 5.92 Å². The Morgan fingerprint density at radius 2 is 2.00 bits per heavy atom. The van der Waals surface area contributed by atoms with Gasteiger partial charge in [0, 0.05) is 6.42 Å². The summed E-state index contributed by atoms with van der Waals surface area (Å²) in [6.45, 7) is 6.51. The summed E-state index contributed by atoms with van der Waals surface area (Å²) in [6.07, 6.45) is 3.43. The molecule has 20 heavy (non-hydrogen) atoms. The van der Waals surface area contributed by atoms with Crippen LogP contribution >= 0.6 is 0 Å². The molecular formula is C16H20O3Si. The van der Waals surface area contributed by atoms with E-state index >= 15 is 0 Å². The zero-order valence-electron chi connectivity index (χ0n) is 12.2. The Bertz CT molecular complexity index is 571. The van der Waals surface area contributed by atoms with Crippen molar-refractivity contribution in [1.82, 2.24) is 0 Å². The minimum Gasteiger partial charge on any atom is -0.547 e. The number of hydrogen-bond acceptors (Lipinski definition) is 3. The van der Waals surface area contributed by atoms with E-state index in [-0.39, 0.29) is 17.8 Å². The molecule has 0 N–H and O–H groups in total. The van der Waals surface area contributed by atoms with Gasteiger partial charge in [-0.2, -0.15) is 0 Å². The first-order valence-electron chi connectivity index (χ1n) is 7.12. The smallest absolute Gasteiger partial charge is 0.241 e. The molecule has 0 radical (unpaired) electrons. The van der Waals surface area contributed by atoms with Crippen molar-refractivity contribution in [2.24, 2.45) is 5.92 Å². The first-order chi connectivity index (χ1) is 9.44. The summed E-state index contributed by atoms with van der Waals surface area (Å²) in [5.41, 5.74) is 0.719. The highest BCUT2D eigenvalue weighted by Gasteiger charge is 2.39. The number of rotatable bonds is 2. The summed E-state index contributed by atoms with van der Waals surface area (Å²) in [6, 6.07) is 7.52. The van der Waals surface area contributed by atoms with Gasteiger partial charge in [-0.25, -0.2) is 0 Å². The van der Waals surface area contributed by atoms with E-state index in [1.165, 1.54) is 0 Å². The molecule has 1 aromatic rings. The Hall–Kier alpha value is -1.55. The maximum Gasteiger partial charge on any atom is 0.241 e. The average molecular weight is 288 g/mol. The summed E-state index contributed by atoms with van der Waals surface area (Å²) in [5, 5.41) is 0. The van der Waals surface area contributed by atoms with Gasteiger partial charge in [0.05, 0.1) is 17.2 Å². The molecule has 0 aromatic heterocycles. The monoisotopic (exact) mass is 288 g/mol. The quantitative estimate of drug-likeness (QED) is 0.777. The summed E-state index contributed by atoms with van der Waals surface area (Å²) >= 11 is 0. The second-order valence-electron chi connectivity index (χ2n) is 6.45. The Morgan fingerprint density at radius 3 is 2.75 bits per heavy atom. The number of Topliss-reactive ketones (excluding diaryl/α,β-unsaturated/α-hetero) is 1. The molecule has 0 saturated carbocycles. The summed E-state index contributed by atoms with van der Waals surface area (Å²) < 4.78 is 12.1. The predicted molar refractivity (Wildman–Crippen MR) is 80.4 cm³/mol. The molecule has 0 bridgehead atoms. The fourth-order valence-electron chi connectivity index (χ4n) is 2.85. The molecule has 1 aliphatic heterocycles. The van der Waals surface area contributed by atoms with Crippen molar-refractivity contribution in [2.45, 2.75) is 38.6 Å². The zero-order valence-corrected chi connectivity index (χ0v) is 13.2. The van der Waals surface area contributed by atoms with Crippen molar-refractivity contribution >= 4 is 14.1 Å². The van der Waals surface area contributed by atoms with Crippen molar-refractivity contribution in [3.8, 4) is 5.75 Å². The van der Waals surface area contributed by atoms with Crippen LogP contribution in [0.15, 0.2) is 36.1 Å². The van der Waals surface area contributed by atoms with Crippen molar-refractivity contribution in [3.63, 3.8) is 0 Å². The van der Waals surface area contributed by atoms with Crippen LogP contribution in [0.5, 0.6) is 5.75 Å². The molecular weight excluding hydrogens is 268 g/mol. The van der Waals surface area contributed by atoms with Gasteiger partial charge in [0.25, 0.3) is 0 Å². The summed E-state index contributed by atoms with van der Waals surface area (Å²) in [7, 11) is -1.60. The van der Waals surface area contributed by atoms with Crippen molar-refractivity contribution in [2.75, 3.05) is 0 Å². The number of fused-ring (bicyclic) bond motifs is 2. The molecule has 3 nitrogen and oxygen atoms in total. The number of carbonyl (C=O) groups excluding carboxylic acids is 1. The van der Waals surface area contributed by atoms with Crippen molar-refractivity contribution in [1.29, 1.82) is 0 Å². The minimum atomic E-state index is -1.60. The molecule has 1 heterocycles. The van der Waals surface area contributed by atoms with E-state index in [0.717, 1.165) is 17.7 Å². The molecule has 0 spiro atoms. The molecule has 0 fully saturated rings. The standard InChI is InChI=1S/C16H20O3Si/c1-20(2,3)19-11-8-9-13-15(10-11)18-14-7-5-4-6-12(14)16(13)17/h4-8,13,15H,9-10H2,1-3H3/t13-,15+/m1/s1. The van der Waals surface area contributed by atoms with Crippen LogP contribution in [0.4, 0.5) is 0 Å². The molecule has 4 heteroatoms. The Balaban J connectivity index is 1.83. The Labute approximate surface area is 120 Å². The van der Waals surface area contributed by atoms with Gasteiger partial charge >= 0.3 is 0 Å². The zero-order chi connectivity index (χ0) is 14.3.